The number of hydrogen-bond donors (Lipinski definition) is 0. The molecule has 1 aliphatic rings. The lowest BCUT2D eigenvalue weighted by Crippen LogP contribution is -2.45. The number of alkyl halides is 3. The van der Waals surface area contributed by atoms with Crippen LogP contribution in [0.5, 0.6) is 17.2 Å². The molecule has 0 saturated carbocycles. The van der Waals surface area contributed by atoms with Crippen LogP contribution in [0.1, 0.15) is 38.2 Å². The van der Waals surface area contributed by atoms with Crippen molar-refractivity contribution in [1.29, 1.82) is 0 Å². The predicted molar refractivity (Wildman–Crippen MR) is 123 cm³/mol. The van der Waals surface area contributed by atoms with Crippen LogP contribution in [0.25, 0.3) is 0 Å². The summed E-state index contributed by atoms with van der Waals surface area (Å²) in [5.74, 6) is -2.41. The first-order valence-corrected chi connectivity index (χ1v) is 11.8. The number of unbranched alkanes of at least 4 members (excludes halogenated alkanes) is 1. The highest BCUT2D eigenvalue weighted by Crippen LogP contribution is 2.31. The van der Waals surface area contributed by atoms with Gasteiger partial charge in [-0.3, -0.25) is 4.79 Å². The van der Waals surface area contributed by atoms with Gasteiger partial charge in [-0.05, 0) is 55.5 Å². The molecule has 3 rings (SSSR count). The van der Waals surface area contributed by atoms with Gasteiger partial charge in [0.15, 0.2) is 11.6 Å². The van der Waals surface area contributed by atoms with Crippen molar-refractivity contribution in [2.24, 2.45) is 5.41 Å². The van der Waals surface area contributed by atoms with Gasteiger partial charge in [-0.15, -0.1) is 13.2 Å². The number of hydrogen-bond acceptors (Lipinski definition) is 6. The van der Waals surface area contributed by atoms with Crippen LogP contribution in [0.2, 0.25) is 0 Å². The van der Waals surface area contributed by atoms with Gasteiger partial charge in [-0.1, -0.05) is 19.1 Å². The first-order valence-electron chi connectivity index (χ1n) is 11.8. The molecule has 0 unspecified atom stereocenters. The fourth-order valence-corrected chi connectivity index (χ4v) is 3.50. The summed E-state index contributed by atoms with van der Waals surface area (Å²) >= 11 is 0. The number of aryl methyl sites for hydroxylation is 1. The van der Waals surface area contributed by atoms with E-state index in [-0.39, 0.29) is 17.6 Å². The van der Waals surface area contributed by atoms with E-state index in [4.69, 9.17) is 18.9 Å². The van der Waals surface area contributed by atoms with Crippen LogP contribution in [-0.2, 0) is 20.7 Å². The van der Waals surface area contributed by atoms with Crippen molar-refractivity contribution in [1.82, 2.24) is 0 Å². The van der Waals surface area contributed by atoms with Crippen LogP contribution in [-0.4, -0.2) is 45.4 Å². The second kappa shape index (κ2) is 12.9. The van der Waals surface area contributed by atoms with Gasteiger partial charge >= 0.3 is 12.3 Å². The normalized spacial score (nSPS) is 14.7. The third-order valence-electron chi connectivity index (χ3n) is 5.83. The van der Waals surface area contributed by atoms with Crippen molar-refractivity contribution in [2.75, 3.05) is 33.0 Å². The highest BCUT2D eigenvalue weighted by atomic mass is 19.4. The molecule has 10 heteroatoms. The summed E-state index contributed by atoms with van der Waals surface area (Å²) < 4.78 is 75.7. The first-order chi connectivity index (χ1) is 17.2. The minimum atomic E-state index is -5.02. The smallest absolute Gasteiger partial charge is 0.494 e. The maximum absolute atomic E-state index is 13.7. The van der Waals surface area contributed by atoms with Crippen LogP contribution in [0, 0.1) is 11.2 Å². The minimum Gasteiger partial charge on any atom is -0.494 e. The molecule has 2 aromatic carbocycles. The summed E-state index contributed by atoms with van der Waals surface area (Å²) in [5.41, 5.74) is 1.07. The molecule has 1 saturated heterocycles. The molecule has 1 fully saturated rings. The number of halogens is 4. The van der Waals surface area contributed by atoms with Crippen LogP contribution < -0.4 is 14.2 Å². The number of rotatable bonds is 14. The van der Waals surface area contributed by atoms with E-state index in [2.05, 4.69) is 11.7 Å². The van der Waals surface area contributed by atoms with Crippen molar-refractivity contribution >= 4 is 5.97 Å². The van der Waals surface area contributed by atoms with E-state index in [0.29, 0.717) is 25.7 Å². The molecule has 0 aliphatic carbocycles. The van der Waals surface area contributed by atoms with Crippen molar-refractivity contribution in [3.05, 3.63) is 53.8 Å². The second-order valence-electron chi connectivity index (χ2n) is 8.71. The van der Waals surface area contributed by atoms with Crippen LogP contribution in [0.3, 0.4) is 0 Å². The topological polar surface area (TPSA) is 63.2 Å². The lowest BCUT2D eigenvalue weighted by molar-refractivity contribution is -0.275. The molecule has 1 aliphatic heterocycles. The van der Waals surface area contributed by atoms with E-state index in [0.717, 1.165) is 62.5 Å². The summed E-state index contributed by atoms with van der Waals surface area (Å²) in [5, 5.41) is 0. The Kier molecular flexibility index (Phi) is 9.95. The largest absolute Gasteiger partial charge is 0.573 e. The van der Waals surface area contributed by atoms with Gasteiger partial charge in [0.05, 0.1) is 26.4 Å². The number of benzene rings is 2. The number of carbonyl (C=O) groups excluding carboxylic acids is 1. The average Bonchev–Trinajstić information content (AvgIpc) is 2.80. The summed E-state index contributed by atoms with van der Waals surface area (Å²) in [6.07, 6.45) is -1.80. The van der Waals surface area contributed by atoms with Gasteiger partial charge in [-0.25, -0.2) is 4.39 Å². The van der Waals surface area contributed by atoms with Gasteiger partial charge in [0.1, 0.15) is 11.5 Å². The number of esters is 1. The Morgan fingerprint density at radius 3 is 2.33 bits per heavy atom. The molecule has 0 N–H and O–H groups in total. The number of ether oxygens (including phenoxy) is 5. The van der Waals surface area contributed by atoms with Gasteiger partial charge in [0, 0.05) is 24.5 Å². The minimum absolute atomic E-state index is 0.00800. The fourth-order valence-electron chi connectivity index (χ4n) is 3.50. The Bertz CT molecular complexity index is 968. The SMILES string of the molecule is CCC1(COCCCCOc2ccc(CCC(=O)Oc3ccc(OC(F)(F)F)c(F)c3)cc2)COC1. The zero-order valence-corrected chi connectivity index (χ0v) is 20.1. The quantitative estimate of drug-likeness (QED) is 0.136. The van der Waals surface area contributed by atoms with Gasteiger partial charge in [0.2, 0.25) is 0 Å². The van der Waals surface area contributed by atoms with Crippen LogP contribution in [0.4, 0.5) is 17.6 Å². The van der Waals surface area contributed by atoms with Crippen molar-refractivity contribution in [2.45, 2.75) is 45.4 Å². The lowest BCUT2D eigenvalue weighted by atomic mass is 9.84. The molecular formula is C26H30F4O6. The Morgan fingerprint density at radius 1 is 1.03 bits per heavy atom. The van der Waals surface area contributed by atoms with Crippen LogP contribution in [0.15, 0.2) is 42.5 Å². The standard InChI is InChI=1S/C26H30F4O6/c1-2-25(17-33-18-25)16-32-13-3-4-14-34-20-8-5-19(6-9-20)7-12-24(31)35-21-10-11-23(22(27)15-21)36-26(28,29)30/h5-6,8-11,15H,2-4,7,12-14,16-18H2,1H3. The summed E-state index contributed by atoms with van der Waals surface area (Å²) in [7, 11) is 0. The summed E-state index contributed by atoms with van der Waals surface area (Å²) in [6, 6.07) is 9.75. The van der Waals surface area contributed by atoms with Gasteiger partial charge < -0.3 is 23.7 Å². The lowest BCUT2D eigenvalue weighted by Gasteiger charge is -2.40. The molecule has 0 aromatic heterocycles. The highest BCUT2D eigenvalue weighted by molar-refractivity contribution is 5.72. The molecule has 0 spiro atoms. The molecule has 0 atom stereocenters. The van der Waals surface area contributed by atoms with E-state index >= 15 is 0 Å². The second-order valence-corrected chi connectivity index (χ2v) is 8.71. The zero-order chi connectivity index (χ0) is 26.0. The van der Waals surface area contributed by atoms with E-state index in [9.17, 15) is 22.4 Å². The van der Waals surface area contributed by atoms with Gasteiger partial charge in [0.25, 0.3) is 0 Å². The summed E-state index contributed by atoms with van der Waals surface area (Å²) in [6.45, 7) is 5.71. The molecule has 6 nitrogen and oxygen atoms in total. The summed E-state index contributed by atoms with van der Waals surface area (Å²) in [4.78, 5) is 12.0. The van der Waals surface area contributed by atoms with Gasteiger partial charge in [-0.2, -0.15) is 0 Å². The Labute approximate surface area is 207 Å². The third kappa shape index (κ3) is 8.98. The maximum Gasteiger partial charge on any atom is 0.573 e. The predicted octanol–water partition coefficient (Wildman–Crippen LogP) is 5.86. The van der Waals surface area contributed by atoms with Crippen molar-refractivity contribution < 1.29 is 46.0 Å². The average molecular weight is 515 g/mol. The Morgan fingerprint density at radius 2 is 1.72 bits per heavy atom. The zero-order valence-electron chi connectivity index (χ0n) is 20.1. The molecular weight excluding hydrogens is 484 g/mol. The molecule has 2 aromatic rings. The molecule has 0 radical (unpaired) electrons. The van der Waals surface area contributed by atoms with E-state index in [1.165, 1.54) is 0 Å². The Balaban J connectivity index is 1.30. The molecule has 0 amide bonds. The van der Waals surface area contributed by atoms with Crippen molar-refractivity contribution in [3.8, 4) is 17.2 Å². The van der Waals surface area contributed by atoms with E-state index < -0.39 is 23.9 Å². The van der Waals surface area contributed by atoms with E-state index in [1.54, 1.807) is 0 Å². The first kappa shape index (κ1) is 27.7. The molecule has 198 valence electrons. The molecule has 1 heterocycles. The number of carbonyl (C=O) groups is 1. The fraction of sp³-hybridized carbons (Fsp3) is 0.500. The van der Waals surface area contributed by atoms with Crippen LogP contribution >= 0.6 is 0 Å². The molecule has 36 heavy (non-hydrogen) atoms. The highest BCUT2D eigenvalue weighted by Gasteiger charge is 2.36. The monoisotopic (exact) mass is 514 g/mol. The van der Waals surface area contributed by atoms with Crippen molar-refractivity contribution in [3.63, 3.8) is 0 Å². The van der Waals surface area contributed by atoms with E-state index in [1.807, 2.05) is 24.3 Å². The third-order valence-corrected chi connectivity index (χ3v) is 5.83. The Hall–Kier alpha value is -2.85. The maximum atomic E-state index is 13.7. The molecule has 0 bridgehead atoms.